The number of fused-ring (bicyclic) bond motifs is 1. The van der Waals surface area contributed by atoms with Gasteiger partial charge in [0.1, 0.15) is 15.5 Å². The van der Waals surface area contributed by atoms with Crippen molar-refractivity contribution in [2.24, 2.45) is 15.4 Å². The summed E-state index contributed by atoms with van der Waals surface area (Å²) in [6.07, 6.45) is 0. The fourth-order valence-electron chi connectivity index (χ4n) is 6.02. The fourth-order valence-corrected chi connectivity index (χ4v) is 10.5. The number of benzene rings is 4. The first kappa shape index (κ1) is 40.0. The maximum atomic E-state index is 14.1. The number of anilines is 2. The lowest BCUT2D eigenvalue weighted by Crippen LogP contribution is -2.41. The molecule has 21 heteroatoms. The average Bonchev–Trinajstić information content (AvgIpc) is 3.07. The highest BCUT2D eigenvalue weighted by Gasteiger charge is 2.34. The third kappa shape index (κ3) is 8.46. The Hall–Kier alpha value is -4.22. The van der Waals surface area contributed by atoms with Gasteiger partial charge in [0.25, 0.3) is 20.1 Å². The van der Waals surface area contributed by atoms with E-state index in [4.69, 9.17) is 9.88 Å². The van der Waals surface area contributed by atoms with Crippen LogP contribution < -0.4 is 14.8 Å². The van der Waals surface area contributed by atoms with Crippen molar-refractivity contribution >= 4 is 73.7 Å². The molecule has 1 heterocycles. The van der Waals surface area contributed by atoms with E-state index in [-0.39, 0.29) is 32.7 Å². The maximum absolute atomic E-state index is 14.1. The Morgan fingerprint density at radius 2 is 1.43 bits per heavy atom. The number of phenols is 1. The van der Waals surface area contributed by atoms with Crippen molar-refractivity contribution in [2.75, 3.05) is 35.9 Å². The summed E-state index contributed by atoms with van der Waals surface area (Å²) in [6, 6.07) is 12.0. The Labute approximate surface area is 308 Å². The second-order valence-corrected chi connectivity index (χ2v) is 19.0. The molecule has 0 saturated carbocycles. The number of aromatic hydroxyl groups is 1. The van der Waals surface area contributed by atoms with Gasteiger partial charge in [-0.1, -0.05) is 18.2 Å². The smallest absolute Gasteiger partial charge is 0.294 e. The van der Waals surface area contributed by atoms with Crippen LogP contribution in [-0.2, 0) is 44.9 Å². The van der Waals surface area contributed by atoms with Crippen LogP contribution in [0.2, 0.25) is 0 Å². The molecule has 17 nitrogen and oxygen atoms in total. The Balaban J connectivity index is 1.73. The van der Waals surface area contributed by atoms with E-state index < -0.39 is 72.7 Å². The third-order valence-electron chi connectivity index (χ3n) is 8.18. The third-order valence-corrected chi connectivity index (χ3v) is 13.6. The molecule has 4 aromatic carbocycles. The van der Waals surface area contributed by atoms with Crippen LogP contribution in [0, 0.1) is 0 Å². The number of azo groups is 1. The van der Waals surface area contributed by atoms with Crippen LogP contribution in [0.1, 0.15) is 27.7 Å². The van der Waals surface area contributed by atoms with Crippen molar-refractivity contribution in [3.8, 4) is 5.75 Å². The molecule has 4 aromatic rings. The Morgan fingerprint density at radius 1 is 0.811 bits per heavy atom. The topological polar surface area (TPSA) is 255 Å². The van der Waals surface area contributed by atoms with E-state index >= 15 is 0 Å². The van der Waals surface area contributed by atoms with Gasteiger partial charge in [0.15, 0.2) is 0 Å². The van der Waals surface area contributed by atoms with E-state index in [1.165, 1.54) is 40.7 Å². The van der Waals surface area contributed by atoms with Gasteiger partial charge in [-0.05, 0) is 76.2 Å². The molecule has 0 atom stereocenters. The normalized spacial score (nSPS) is 14.9. The second kappa shape index (κ2) is 14.9. The van der Waals surface area contributed by atoms with Crippen molar-refractivity contribution in [2.45, 2.75) is 59.4 Å². The minimum Gasteiger partial charge on any atom is -0.506 e. The number of sulfonamides is 3. The van der Waals surface area contributed by atoms with E-state index in [0.29, 0.717) is 32.0 Å². The Bertz CT molecular complexity index is 2530. The number of hydrogen-bond acceptors (Lipinski definition) is 13. The van der Waals surface area contributed by atoms with Gasteiger partial charge in [-0.3, -0.25) is 9.27 Å². The summed E-state index contributed by atoms with van der Waals surface area (Å²) in [5.41, 5.74) is -0.160. The SMILES string of the molecule is CC(C)N(C(C)C)S(=O)(=O)c1cc(N=Nc2ccc(N3CCOCC3)c(S(N)(=O)=O)c2)c2c(NS(=O)(=O)c3cccc(S(=O)(=O)O)c3)cccc2c1O. The van der Waals surface area contributed by atoms with E-state index in [2.05, 4.69) is 15.0 Å². The van der Waals surface area contributed by atoms with Gasteiger partial charge in [0, 0.05) is 35.9 Å². The number of hydrogen-bond donors (Lipinski definition) is 4. The fraction of sp³-hybridized carbons (Fsp3) is 0.312. The average molecular weight is 811 g/mol. The molecule has 0 radical (unpaired) electrons. The zero-order valence-electron chi connectivity index (χ0n) is 28.9. The number of morpholine rings is 1. The number of nitrogens with two attached hydrogens (primary N) is 1. The van der Waals surface area contributed by atoms with Crippen molar-refractivity contribution in [1.82, 2.24) is 4.31 Å². The van der Waals surface area contributed by atoms with Crippen molar-refractivity contribution < 1.29 is 48.1 Å². The first-order valence-corrected chi connectivity index (χ1v) is 21.9. The summed E-state index contributed by atoms with van der Waals surface area (Å²) in [5, 5.41) is 25.3. The zero-order chi connectivity index (χ0) is 39.1. The summed E-state index contributed by atoms with van der Waals surface area (Å²) in [5.74, 6) is -0.717. The lowest BCUT2D eigenvalue weighted by Gasteiger charge is -2.30. The molecule has 0 aromatic heterocycles. The lowest BCUT2D eigenvalue weighted by molar-refractivity contribution is 0.122. The minimum absolute atomic E-state index is 0.0113. The number of phenolic OH excluding ortho intramolecular Hbond substituents is 1. The molecular weight excluding hydrogens is 773 g/mol. The molecule has 0 bridgehead atoms. The summed E-state index contributed by atoms with van der Waals surface area (Å²) < 4.78 is 122. The van der Waals surface area contributed by atoms with Crippen LogP contribution in [0.25, 0.3) is 10.8 Å². The Kier molecular flexibility index (Phi) is 11.2. The molecule has 0 unspecified atom stereocenters. The molecule has 0 aliphatic carbocycles. The lowest BCUT2D eigenvalue weighted by atomic mass is 10.1. The van der Waals surface area contributed by atoms with Crippen LogP contribution in [-0.4, -0.2) is 86.0 Å². The van der Waals surface area contributed by atoms with Crippen molar-refractivity contribution in [3.63, 3.8) is 0 Å². The number of rotatable bonds is 12. The predicted molar refractivity (Wildman–Crippen MR) is 197 cm³/mol. The molecular formula is C32H38N6O11S4. The minimum atomic E-state index is -4.77. The van der Waals surface area contributed by atoms with Crippen LogP contribution in [0.4, 0.5) is 22.7 Å². The van der Waals surface area contributed by atoms with Crippen molar-refractivity contribution in [3.05, 3.63) is 66.7 Å². The van der Waals surface area contributed by atoms with Crippen molar-refractivity contribution in [1.29, 1.82) is 0 Å². The molecule has 0 spiro atoms. The molecule has 286 valence electrons. The molecule has 5 N–H and O–H groups in total. The molecule has 1 fully saturated rings. The number of ether oxygens (including phenoxy) is 1. The van der Waals surface area contributed by atoms with Gasteiger partial charge in [-0.15, -0.1) is 5.11 Å². The van der Waals surface area contributed by atoms with Gasteiger partial charge in [-0.2, -0.15) is 17.8 Å². The second-order valence-electron chi connectivity index (χ2n) is 12.5. The highest BCUT2D eigenvalue weighted by molar-refractivity contribution is 7.93. The van der Waals surface area contributed by atoms with Crippen LogP contribution in [0.5, 0.6) is 5.75 Å². The molecule has 1 saturated heterocycles. The predicted octanol–water partition coefficient (Wildman–Crippen LogP) is 4.30. The van der Waals surface area contributed by atoms with Gasteiger partial charge in [-0.25, -0.2) is 30.4 Å². The highest BCUT2D eigenvalue weighted by atomic mass is 32.2. The van der Waals surface area contributed by atoms with Crippen LogP contribution in [0.15, 0.2) is 96.5 Å². The Morgan fingerprint density at radius 3 is 2.04 bits per heavy atom. The molecule has 0 amide bonds. The largest absolute Gasteiger partial charge is 0.506 e. The first-order valence-electron chi connectivity index (χ1n) is 16.0. The highest BCUT2D eigenvalue weighted by Crippen LogP contribution is 2.44. The molecule has 1 aliphatic rings. The summed E-state index contributed by atoms with van der Waals surface area (Å²) in [6.45, 7) is 8.17. The van der Waals surface area contributed by atoms with Crippen LogP contribution in [0.3, 0.4) is 0 Å². The van der Waals surface area contributed by atoms with E-state index in [9.17, 15) is 43.3 Å². The molecule has 5 rings (SSSR count). The number of primary sulfonamides is 1. The summed E-state index contributed by atoms with van der Waals surface area (Å²) in [7, 11) is -18.1. The summed E-state index contributed by atoms with van der Waals surface area (Å²) >= 11 is 0. The van der Waals surface area contributed by atoms with E-state index in [0.717, 1.165) is 30.3 Å². The van der Waals surface area contributed by atoms with Gasteiger partial charge in [0.05, 0.1) is 45.8 Å². The summed E-state index contributed by atoms with van der Waals surface area (Å²) in [4.78, 5) is -0.251. The van der Waals surface area contributed by atoms with Gasteiger partial charge < -0.3 is 14.7 Å². The standard InChI is InChI=1S/C32H38N6O11S4/c1-20(2)38(21(3)4)52(44,45)30-19-27(35-34-22-11-12-28(29(17-22)50(33,40)41)37-13-15-49-16-14-37)31-25(32(30)39)9-6-10-26(31)36-51(42,43)23-7-5-8-24(18-23)53(46,47)48/h5-12,17-21,36,39H,13-16H2,1-4H3,(H2,33,40,41)(H,46,47,48). The van der Waals surface area contributed by atoms with E-state index in [1.807, 2.05) is 0 Å². The quantitative estimate of drug-likeness (QED) is 0.115. The number of nitrogens with one attached hydrogen (secondary N) is 1. The monoisotopic (exact) mass is 810 g/mol. The van der Waals surface area contributed by atoms with Gasteiger partial charge in [0.2, 0.25) is 20.0 Å². The maximum Gasteiger partial charge on any atom is 0.294 e. The van der Waals surface area contributed by atoms with Crippen LogP contribution >= 0.6 is 0 Å². The molecule has 1 aliphatic heterocycles. The van der Waals surface area contributed by atoms with Gasteiger partial charge >= 0.3 is 0 Å². The molecule has 53 heavy (non-hydrogen) atoms. The van der Waals surface area contributed by atoms with E-state index in [1.54, 1.807) is 32.6 Å². The first-order chi connectivity index (χ1) is 24.6. The number of nitrogens with zero attached hydrogens (tertiary/aromatic N) is 4. The zero-order valence-corrected chi connectivity index (χ0v) is 32.2.